The van der Waals surface area contributed by atoms with E-state index < -0.39 is 0 Å². The van der Waals surface area contributed by atoms with E-state index in [9.17, 15) is 0 Å². The van der Waals surface area contributed by atoms with E-state index in [4.69, 9.17) is 0 Å². The minimum atomic E-state index is -0.365. The molecule has 4 heteroatoms. The SMILES string of the molecule is CC(C)(C)c1cc(-c2ccc3c(c2)N(c2c(-c4ccccc4)cc(C(C)(C)C)cc2-c2ccccc2)c2cc(C(C)(C)C)cc4c2B3c2ccc(-n3c5ccc(C(C)(C)C)cc5c5cc(C(C)(C)C)ccc53)cc2N4c2c(-c3cccc(-c4ccccc4)c3)cc(C(C)(C)C)cc2-c2cccc(-c3ccccc3)c2)cc(C(C)(C)C)c1. The highest BCUT2D eigenvalue weighted by Crippen LogP contribution is 2.57. The molecule has 0 radical (unpaired) electrons. The van der Waals surface area contributed by atoms with Crippen LogP contribution in [0.5, 0.6) is 0 Å². The molecular weight excluding hydrogens is 1400 g/mol. The summed E-state index contributed by atoms with van der Waals surface area (Å²) in [5, 5.41) is 2.52. The van der Waals surface area contributed by atoms with Crippen molar-refractivity contribution < 1.29 is 0 Å². The first-order valence-corrected chi connectivity index (χ1v) is 42.1. The Morgan fingerprint density at radius 3 is 0.914 bits per heavy atom. The van der Waals surface area contributed by atoms with E-state index in [1.807, 2.05) is 0 Å². The second-order valence-electron chi connectivity index (χ2n) is 40.4. The summed E-state index contributed by atoms with van der Waals surface area (Å²) in [5.41, 5.74) is 38.3. The van der Waals surface area contributed by atoms with Gasteiger partial charge >= 0.3 is 0 Å². The highest BCUT2D eigenvalue weighted by Gasteiger charge is 2.47. The molecule has 578 valence electrons. The largest absolute Gasteiger partial charge is 0.310 e. The molecular formula is C112H112BN3. The molecule has 0 saturated carbocycles. The first-order valence-electron chi connectivity index (χ1n) is 42.1. The Hall–Kier alpha value is -11.5. The molecule has 0 unspecified atom stereocenters. The van der Waals surface area contributed by atoms with Crippen LogP contribution < -0.4 is 26.2 Å². The maximum Gasteiger partial charge on any atom is 0.252 e. The predicted octanol–water partition coefficient (Wildman–Crippen LogP) is 29.6. The standard InChI is InChI=1S/C112H112BN3/c1-106(2,3)81-49-54-97-93(62-81)94-63-82(107(4,5)6)50-55-98(94)114(97)88-51-53-96-100(70-88)116(105-91(78-46-34-44-75(56-78)71-36-26-22-27-37-71)66-86(111(16,17)18)67-92(105)79-47-35-45-76(57-79)72-38-28-23-29-39-72)102-69-87(112(19,20)21)68-101-103(102)113(96)95-52-48-77(80-58-83(108(7,8)9)61-84(59-80)109(10,11)12)60-99(95)115(101)104-89(73-40-30-24-31-41-73)64-85(110(13,14)15)65-90(104)74-42-32-25-33-43-74/h22-70H,1-21H3. The third-order valence-corrected chi connectivity index (χ3v) is 24.8. The van der Waals surface area contributed by atoms with Crippen LogP contribution in [0.2, 0.25) is 0 Å². The molecule has 0 spiro atoms. The summed E-state index contributed by atoms with van der Waals surface area (Å²) in [5.74, 6) is 0. The van der Waals surface area contributed by atoms with Crippen LogP contribution in [0.1, 0.15) is 184 Å². The van der Waals surface area contributed by atoms with Gasteiger partial charge in [0.1, 0.15) is 0 Å². The Morgan fingerprint density at radius 2 is 0.526 bits per heavy atom. The molecule has 116 heavy (non-hydrogen) atoms. The van der Waals surface area contributed by atoms with E-state index in [0.717, 1.165) is 73.2 Å². The van der Waals surface area contributed by atoms with Crippen molar-refractivity contribution in [3.8, 4) is 83.6 Å². The number of rotatable bonds is 10. The normalized spacial score (nSPS) is 13.3. The van der Waals surface area contributed by atoms with Gasteiger partial charge in [0.2, 0.25) is 0 Å². The Kier molecular flexibility index (Phi) is 18.7. The van der Waals surface area contributed by atoms with Crippen molar-refractivity contribution in [2.24, 2.45) is 0 Å². The lowest BCUT2D eigenvalue weighted by atomic mass is 9.33. The summed E-state index contributed by atoms with van der Waals surface area (Å²) in [6.07, 6.45) is 0. The van der Waals surface area contributed by atoms with Crippen molar-refractivity contribution in [1.82, 2.24) is 4.57 Å². The Bertz CT molecular complexity index is 6070. The second-order valence-corrected chi connectivity index (χ2v) is 40.4. The zero-order valence-electron chi connectivity index (χ0n) is 72.2. The van der Waals surface area contributed by atoms with E-state index in [0.29, 0.717) is 0 Å². The number of anilines is 6. The number of hydrogen-bond donors (Lipinski definition) is 0. The monoisotopic (exact) mass is 1510 g/mol. The summed E-state index contributed by atoms with van der Waals surface area (Å²) in [6, 6.07) is 116. The molecule has 0 atom stereocenters. The topological polar surface area (TPSA) is 11.4 Å². The van der Waals surface area contributed by atoms with Gasteiger partial charge in [-0.1, -0.05) is 352 Å². The number of nitrogens with zero attached hydrogens (tertiary/aromatic N) is 3. The molecule has 1 aromatic heterocycles. The smallest absolute Gasteiger partial charge is 0.252 e. The van der Waals surface area contributed by atoms with E-state index in [1.54, 1.807) is 0 Å². The van der Waals surface area contributed by atoms with E-state index in [2.05, 4.69) is 457 Å². The van der Waals surface area contributed by atoms with Crippen LogP contribution in [-0.2, 0) is 37.9 Å². The summed E-state index contributed by atoms with van der Waals surface area (Å²) >= 11 is 0. The minimum Gasteiger partial charge on any atom is -0.310 e. The lowest BCUT2D eigenvalue weighted by Crippen LogP contribution is -2.61. The van der Waals surface area contributed by atoms with Gasteiger partial charge in [-0.15, -0.1) is 0 Å². The Morgan fingerprint density at radius 1 is 0.207 bits per heavy atom. The van der Waals surface area contributed by atoms with Crippen molar-refractivity contribution in [3.05, 3.63) is 336 Å². The molecule has 0 N–H and O–H groups in total. The zero-order chi connectivity index (χ0) is 81.7. The van der Waals surface area contributed by atoms with Gasteiger partial charge in [-0.2, -0.15) is 0 Å². The number of fused-ring (bicyclic) bond motifs is 7. The van der Waals surface area contributed by atoms with Gasteiger partial charge in [0.15, 0.2) is 0 Å². The minimum absolute atomic E-state index is 0.0749. The second kappa shape index (κ2) is 28.2. The fraction of sp³-hybridized carbons (Fsp3) is 0.250. The average Bonchev–Trinajstić information content (AvgIpc) is 0.968. The first-order chi connectivity index (χ1) is 54.9. The van der Waals surface area contributed by atoms with Gasteiger partial charge in [0, 0.05) is 61.5 Å². The molecule has 2 aliphatic heterocycles. The molecule has 0 aliphatic carbocycles. The fourth-order valence-electron chi connectivity index (χ4n) is 17.8. The van der Waals surface area contributed by atoms with Crippen molar-refractivity contribution in [2.45, 2.75) is 183 Å². The Labute approximate surface area is 691 Å². The molecule has 15 aromatic rings. The van der Waals surface area contributed by atoms with Gasteiger partial charge in [0.05, 0.1) is 22.4 Å². The molecule has 0 bridgehead atoms. The van der Waals surface area contributed by atoms with Gasteiger partial charge in [-0.25, -0.2) is 0 Å². The van der Waals surface area contributed by atoms with Gasteiger partial charge in [-0.05, 0) is 240 Å². The van der Waals surface area contributed by atoms with Crippen LogP contribution in [0, 0.1) is 0 Å². The third-order valence-electron chi connectivity index (χ3n) is 24.8. The molecule has 0 fully saturated rings. The predicted molar refractivity (Wildman–Crippen MR) is 504 cm³/mol. The molecule has 17 rings (SSSR count). The van der Waals surface area contributed by atoms with E-state index in [-0.39, 0.29) is 44.6 Å². The van der Waals surface area contributed by atoms with E-state index in [1.165, 1.54) is 122 Å². The van der Waals surface area contributed by atoms with Crippen molar-refractivity contribution in [1.29, 1.82) is 0 Å². The maximum absolute atomic E-state index is 2.79. The van der Waals surface area contributed by atoms with Crippen LogP contribution in [-0.4, -0.2) is 11.3 Å². The summed E-state index contributed by atoms with van der Waals surface area (Å²) in [4.78, 5) is 5.56. The average molecular weight is 1510 g/mol. The molecule has 2 aliphatic rings. The number of hydrogen-bond acceptors (Lipinski definition) is 2. The fourth-order valence-corrected chi connectivity index (χ4v) is 17.8. The molecule has 14 aromatic carbocycles. The highest BCUT2D eigenvalue weighted by atomic mass is 15.2. The lowest BCUT2D eigenvalue weighted by molar-refractivity contribution is 0.569. The quantitative estimate of drug-likeness (QED) is 0.126. The van der Waals surface area contributed by atoms with Gasteiger partial charge in [-0.3, -0.25) is 0 Å². The summed E-state index contributed by atoms with van der Waals surface area (Å²) < 4.78 is 2.59. The van der Waals surface area contributed by atoms with E-state index >= 15 is 0 Å². The number of aromatic nitrogens is 1. The zero-order valence-corrected chi connectivity index (χ0v) is 72.2. The van der Waals surface area contributed by atoms with Crippen LogP contribution in [0.4, 0.5) is 34.1 Å². The van der Waals surface area contributed by atoms with Crippen molar-refractivity contribution >= 4 is 79.0 Å². The highest BCUT2D eigenvalue weighted by molar-refractivity contribution is 7.00. The van der Waals surface area contributed by atoms with Crippen LogP contribution in [0.25, 0.3) is 105 Å². The molecule has 0 saturated heterocycles. The van der Waals surface area contributed by atoms with Crippen LogP contribution >= 0.6 is 0 Å². The lowest BCUT2D eigenvalue weighted by Gasteiger charge is -2.47. The summed E-state index contributed by atoms with van der Waals surface area (Å²) in [7, 11) is 0. The first kappa shape index (κ1) is 77.1. The third kappa shape index (κ3) is 14.0. The van der Waals surface area contributed by atoms with Gasteiger partial charge < -0.3 is 14.4 Å². The number of benzene rings is 14. The van der Waals surface area contributed by atoms with Crippen LogP contribution in [0.15, 0.2) is 297 Å². The van der Waals surface area contributed by atoms with Crippen molar-refractivity contribution in [3.63, 3.8) is 0 Å². The van der Waals surface area contributed by atoms with Crippen molar-refractivity contribution in [2.75, 3.05) is 9.80 Å². The van der Waals surface area contributed by atoms with Gasteiger partial charge in [0.25, 0.3) is 6.71 Å². The molecule has 3 heterocycles. The van der Waals surface area contributed by atoms with Crippen LogP contribution in [0.3, 0.4) is 0 Å². The molecule has 3 nitrogen and oxygen atoms in total. The Balaban J connectivity index is 1.08. The molecule has 0 amide bonds. The maximum atomic E-state index is 2.79. The summed E-state index contributed by atoms with van der Waals surface area (Å²) in [6.45, 7) is 49.5.